The molecule has 0 saturated carbocycles. The molecule has 0 saturated heterocycles. The van der Waals surface area contributed by atoms with Crippen LogP contribution in [0.1, 0.15) is 16.9 Å². The molecule has 0 spiro atoms. The van der Waals surface area contributed by atoms with Gasteiger partial charge in [0.05, 0.1) is 11.7 Å². The zero-order chi connectivity index (χ0) is 18.1. The molecule has 130 valence electrons. The minimum Gasteiger partial charge on any atom is -0.326 e. The highest BCUT2D eigenvalue weighted by atomic mass is 79.9. The number of carbonyl (C=O) groups is 1. The van der Waals surface area contributed by atoms with Gasteiger partial charge in [0, 0.05) is 28.5 Å². The number of anilines is 1. The number of amides is 1. The smallest absolute Gasteiger partial charge is 0.271 e. The average molecular weight is 423 g/mol. The molecule has 7 nitrogen and oxygen atoms in total. The Morgan fingerprint density at radius 3 is 2.92 bits per heavy atom. The number of pyridine rings is 1. The summed E-state index contributed by atoms with van der Waals surface area (Å²) in [6.45, 7) is 4.04. The van der Waals surface area contributed by atoms with E-state index in [2.05, 4.69) is 31.2 Å². The number of hydrogen-bond acceptors (Lipinski definition) is 5. The van der Waals surface area contributed by atoms with Gasteiger partial charge in [-0.2, -0.15) is 0 Å². The maximum Gasteiger partial charge on any atom is 0.271 e. The summed E-state index contributed by atoms with van der Waals surface area (Å²) in [6.07, 6.45) is 3.00. The van der Waals surface area contributed by atoms with Crippen LogP contribution >= 0.6 is 27.3 Å². The van der Waals surface area contributed by atoms with Crippen LogP contribution in [-0.2, 0) is 11.3 Å². The van der Waals surface area contributed by atoms with E-state index in [1.807, 2.05) is 13.8 Å². The third-order valence-electron chi connectivity index (χ3n) is 3.88. The second kappa shape index (κ2) is 6.93. The minimum atomic E-state index is -0.388. The Morgan fingerprint density at radius 1 is 1.40 bits per heavy atom. The number of aromatic nitrogens is 3. The van der Waals surface area contributed by atoms with E-state index >= 15 is 0 Å². The fraction of sp³-hybridized carbons (Fsp3) is 0.250. The van der Waals surface area contributed by atoms with Crippen LogP contribution in [-0.4, -0.2) is 20.4 Å². The number of nitrogens with one attached hydrogen (secondary N) is 2. The molecule has 0 aliphatic rings. The van der Waals surface area contributed by atoms with Gasteiger partial charge in [0.2, 0.25) is 5.91 Å². The molecular weight excluding hydrogens is 408 g/mol. The van der Waals surface area contributed by atoms with Gasteiger partial charge in [-0.15, -0.1) is 11.3 Å². The van der Waals surface area contributed by atoms with Gasteiger partial charge in [0.1, 0.15) is 10.5 Å². The maximum absolute atomic E-state index is 12.6. The van der Waals surface area contributed by atoms with Crippen LogP contribution in [0.3, 0.4) is 0 Å². The van der Waals surface area contributed by atoms with Crippen LogP contribution in [0.25, 0.3) is 10.2 Å². The number of nitrogens with zero attached hydrogens (tertiary/aromatic N) is 2. The van der Waals surface area contributed by atoms with Gasteiger partial charge in [-0.25, -0.2) is 4.98 Å². The number of aromatic amines is 1. The molecule has 0 atom stereocenters. The van der Waals surface area contributed by atoms with Crippen molar-refractivity contribution in [1.82, 2.24) is 14.5 Å². The van der Waals surface area contributed by atoms with Crippen LogP contribution in [0, 0.1) is 13.8 Å². The molecule has 0 aliphatic carbocycles. The first-order valence-electron chi connectivity index (χ1n) is 7.50. The van der Waals surface area contributed by atoms with E-state index in [-0.39, 0.29) is 35.7 Å². The first-order valence-corrected chi connectivity index (χ1v) is 9.11. The van der Waals surface area contributed by atoms with E-state index in [4.69, 9.17) is 0 Å². The normalized spacial score (nSPS) is 11.0. The Hall–Kier alpha value is -2.26. The van der Waals surface area contributed by atoms with Crippen molar-refractivity contribution in [3.05, 3.63) is 54.2 Å². The Balaban J connectivity index is 1.76. The summed E-state index contributed by atoms with van der Waals surface area (Å²) >= 11 is 4.71. The molecule has 3 heterocycles. The van der Waals surface area contributed by atoms with E-state index in [0.717, 1.165) is 10.4 Å². The molecule has 0 aliphatic heterocycles. The van der Waals surface area contributed by atoms with E-state index in [9.17, 15) is 14.4 Å². The molecule has 0 unspecified atom stereocenters. The van der Waals surface area contributed by atoms with Gasteiger partial charge < -0.3 is 10.3 Å². The largest absolute Gasteiger partial charge is 0.326 e. The number of rotatable bonds is 4. The zero-order valence-electron chi connectivity index (χ0n) is 13.6. The van der Waals surface area contributed by atoms with Crippen molar-refractivity contribution in [3.8, 4) is 0 Å². The predicted octanol–water partition coefficient (Wildman–Crippen LogP) is 2.55. The lowest BCUT2D eigenvalue weighted by atomic mass is 10.2. The van der Waals surface area contributed by atoms with Crippen LogP contribution in [0.15, 0.2) is 32.7 Å². The molecule has 0 aromatic carbocycles. The van der Waals surface area contributed by atoms with Gasteiger partial charge in [-0.3, -0.25) is 19.0 Å². The summed E-state index contributed by atoms with van der Waals surface area (Å²) in [5, 5.41) is 3.15. The molecule has 3 aromatic heterocycles. The van der Waals surface area contributed by atoms with Gasteiger partial charge in [-0.1, -0.05) is 0 Å². The van der Waals surface area contributed by atoms with Gasteiger partial charge in [-0.05, 0) is 41.4 Å². The van der Waals surface area contributed by atoms with Crippen LogP contribution in [0.2, 0.25) is 0 Å². The summed E-state index contributed by atoms with van der Waals surface area (Å²) in [4.78, 5) is 44.9. The van der Waals surface area contributed by atoms with Gasteiger partial charge in [0.25, 0.3) is 11.1 Å². The number of H-pyrrole nitrogens is 1. The molecule has 2 N–H and O–H groups in total. The molecular formula is C16H15BrN4O3S. The quantitative estimate of drug-likeness (QED) is 0.674. The Bertz CT molecular complexity index is 1080. The maximum atomic E-state index is 12.6. The summed E-state index contributed by atoms with van der Waals surface area (Å²) in [7, 11) is 0. The second-order valence-corrected chi connectivity index (χ2v) is 7.68. The molecule has 0 fully saturated rings. The SMILES string of the molecule is Cc1sc2ncn(CCC(=O)Nc3cc(Br)c[nH]c3=O)c(=O)c2c1C. The lowest BCUT2D eigenvalue weighted by molar-refractivity contribution is -0.116. The molecule has 0 radical (unpaired) electrons. The molecule has 1 amide bonds. The Labute approximate surface area is 154 Å². The summed E-state index contributed by atoms with van der Waals surface area (Å²) in [5.41, 5.74) is 0.544. The van der Waals surface area contributed by atoms with Crippen molar-refractivity contribution in [2.75, 3.05) is 5.32 Å². The fourth-order valence-corrected chi connectivity index (χ4v) is 3.75. The van der Waals surface area contributed by atoms with Crippen LogP contribution in [0.5, 0.6) is 0 Å². The monoisotopic (exact) mass is 422 g/mol. The van der Waals surface area contributed by atoms with Crippen molar-refractivity contribution in [1.29, 1.82) is 0 Å². The zero-order valence-corrected chi connectivity index (χ0v) is 16.0. The highest BCUT2D eigenvalue weighted by Gasteiger charge is 2.13. The summed E-state index contributed by atoms with van der Waals surface area (Å²) in [6, 6.07) is 1.52. The van der Waals surface area contributed by atoms with Crippen molar-refractivity contribution < 1.29 is 4.79 Å². The fourth-order valence-electron chi connectivity index (χ4n) is 2.41. The molecule has 3 aromatic rings. The first-order chi connectivity index (χ1) is 11.9. The Morgan fingerprint density at radius 2 is 2.16 bits per heavy atom. The lowest BCUT2D eigenvalue weighted by Gasteiger charge is -2.07. The van der Waals surface area contributed by atoms with Gasteiger partial charge >= 0.3 is 0 Å². The van der Waals surface area contributed by atoms with E-state index in [1.54, 1.807) is 0 Å². The number of thiophene rings is 1. The number of halogens is 1. The third kappa shape index (κ3) is 3.57. The van der Waals surface area contributed by atoms with E-state index in [1.165, 1.54) is 34.5 Å². The average Bonchev–Trinajstić information content (AvgIpc) is 2.85. The molecule has 3 rings (SSSR count). The molecule has 25 heavy (non-hydrogen) atoms. The minimum absolute atomic E-state index is 0.0568. The van der Waals surface area contributed by atoms with Crippen molar-refractivity contribution in [2.24, 2.45) is 0 Å². The number of carbonyl (C=O) groups excluding carboxylic acids is 1. The van der Waals surface area contributed by atoms with Gasteiger partial charge in [0.15, 0.2) is 0 Å². The summed E-state index contributed by atoms with van der Waals surface area (Å²) in [5.74, 6) is -0.353. The number of fused-ring (bicyclic) bond motifs is 1. The van der Waals surface area contributed by atoms with Crippen molar-refractivity contribution in [3.63, 3.8) is 0 Å². The topological polar surface area (TPSA) is 96.8 Å². The molecule has 9 heteroatoms. The van der Waals surface area contributed by atoms with Crippen molar-refractivity contribution >= 4 is 49.1 Å². The lowest BCUT2D eigenvalue weighted by Crippen LogP contribution is -2.25. The predicted molar refractivity (Wildman–Crippen MR) is 101 cm³/mol. The highest BCUT2D eigenvalue weighted by Crippen LogP contribution is 2.25. The molecule has 0 bridgehead atoms. The van der Waals surface area contributed by atoms with Crippen molar-refractivity contribution in [2.45, 2.75) is 26.8 Å². The second-order valence-electron chi connectivity index (χ2n) is 5.57. The van der Waals surface area contributed by atoms with E-state index in [0.29, 0.717) is 14.7 Å². The highest BCUT2D eigenvalue weighted by molar-refractivity contribution is 9.10. The van der Waals surface area contributed by atoms with Crippen LogP contribution < -0.4 is 16.4 Å². The summed E-state index contributed by atoms with van der Waals surface area (Å²) < 4.78 is 2.07. The standard InChI is InChI=1S/C16H15BrN4O3S/c1-8-9(2)25-15-13(8)16(24)21(7-19-15)4-3-12(22)20-11-5-10(17)6-18-14(11)23/h5-7H,3-4H2,1-2H3,(H,18,23)(H,20,22). The van der Waals surface area contributed by atoms with E-state index < -0.39 is 0 Å². The number of hydrogen-bond donors (Lipinski definition) is 2. The first kappa shape index (κ1) is 17.6. The Kier molecular flexibility index (Phi) is 4.87. The number of aryl methyl sites for hydroxylation is 3. The third-order valence-corrected chi connectivity index (χ3v) is 5.45. The van der Waals surface area contributed by atoms with Crippen LogP contribution in [0.4, 0.5) is 5.69 Å².